The van der Waals surface area contributed by atoms with E-state index in [1.54, 1.807) is 6.92 Å². The van der Waals surface area contributed by atoms with Gasteiger partial charge in [-0.3, -0.25) is 4.90 Å². The van der Waals surface area contributed by atoms with Gasteiger partial charge in [0.15, 0.2) is 5.82 Å². The van der Waals surface area contributed by atoms with Crippen LogP contribution in [0.3, 0.4) is 0 Å². The second kappa shape index (κ2) is 6.38. The Bertz CT molecular complexity index is 754. The Kier molecular flexibility index (Phi) is 4.47. The van der Waals surface area contributed by atoms with Crippen LogP contribution in [0.4, 0.5) is 0 Å². The van der Waals surface area contributed by atoms with Crippen LogP contribution in [0.5, 0.6) is 0 Å². The van der Waals surface area contributed by atoms with Crippen molar-refractivity contribution in [3.05, 3.63) is 47.6 Å². The molecule has 2 aromatic rings. The van der Waals surface area contributed by atoms with Crippen molar-refractivity contribution >= 4 is 10.0 Å². The number of sulfonamides is 1. The lowest BCUT2D eigenvalue weighted by molar-refractivity contribution is 0.102. The molecular weight excluding hydrogens is 316 g/mol. The normalized spacial score (nSPS) is 16.7. The van der Waals surface area contributed by atoms with Crippen molar-refractivity contribution in [2.75, 3.05) is 20.1 Å². The van der Waals surface area contributed by atoms with Crippen LogP contribution in [-0.2, 0) is 22.3 Å². The van der Waals surface area contributed by atoms with Crippen molar-refractivity contribution < 1.29 is 12.9 Å². The van der Waals surface area contributed by atoms with Gasteiger partial charge >= 0.3 is 0 Å². The third-order valence-electron chi connectivity index (χ3n) is 4.00. The molecule has 0 unspecified atom stereocenters. The van der Waals surface area contributed by atoms with Crippen molar-refractivity contribution in [1.82, 2.24) is 19.3 Å². The van der Waals surface area contributed by atoms with Crippen LogP contribution >= 0.6 is 0 Å². The summed E-state index contributed by atoms with van der Waals surface area (Å²) in [6, 6.07) is 9.43. The molecule has 2 heterocycles. The van der Waals surface area contributed by atoms with Gasteiger partial charge in [0.2, 0.25) is 15.9 Å². The molecule has 0 spiro atoms. The maximum atomic E-state index is 12.4. The Hall–Kier alpha value is -1.77. The molecule has 1 aromatic carbocycles. The number of nitrogens with zero attached hydrogens (tertiary/aromatic N) is 4. The first-order valence-corrected chi connectivity index (χ1v) is 9.06. The molecule has 1 saturated heterocycles. The van der Waals surface area contributed by atoms with Crippen molar-refractivity contribution in [3.8, 4) is 0 Å². The standard InChI is InChI=1S/C15H20N4O3S/c1-12-16-15(17-22-12)10-18(2)14-8-19(9-14)23(20,21)11-13-6-4-3-5-7-13/h3-7,14H,8-11H2,1-2H3. The summed E-state index contributed by atoms with van der Waals surface area (Å²) in [6.07, 6.45) is 0. The Balaban J connectivity index is 1.53. The fourth-order valence-corrected chi connectivity index (χ4v) is 4.15. The molecule has 0 saturated carbocycles. The van der Waals surface area contributed by atoms with Crippen LogP contribution in [0.15, 0.2) is 34.9 Å². The molecule has 1 aromatic heterocycles. The molecule has 7 nitrogen and oxygen atoms in total. The quantitative estimate of drug-likeness (QED) is 0.784. The van der Waals surface area contributed by atoms with Gasteiger partial charge in [-0.1, -0.05) is 35.5 Å². The summed E-state index contributed by atoms with van der Waals surface area (Å²) in [5, 5.41) is 3.86. The molecule has 0 amide bonds. The number of hydrogen-bond donors (Lipinski definition) is 0. The summed E-state index contributed by atoms with van der Waals surface area (Å²) in [4.78, 5) is 6.22. The van der Waals surface area contributed by atoms with E-state index in [0.29, 0.717) is 31.3 Å². The zero-order valence-electron chi connectivity index (χ0n) is 13.2. The molecule has 8 heteroatoms. The van der Waals surface area contributed by atoms with E-state index in [4.69, 9.17) is 4.52 Å². The Morgan fingerprint density at radius 3 is 2.61 bits per heavy atom. The van der Waals surface area contributed by atoms with Gasteiger partial charge in [-0.05, 0) is 12.6 Å². The Labute approximate surface area is 136 Å². The summed E-state index contributed by atoms with van der Waals surface area (Å²) in [7, 11) is -1.31. The van der Waals surface area contributed by atoms with Gasteiger partial charge in [0, 0.05) is 26.1 Å². The lowest BCUT2D eigenvalue weighted by Crippen LogP contribution is -2.59. The van der Waals surface area contributed by atoms with E-state index in [1.165, 1.54) is 4.31 Å². The first kappa shape index (κ1) is 16.1. The van der Waals surface area contributed by atoms with Crippen LogP contribution < -0.4 is 0 Å². The van der Waals surface area contributed by atoms with Gasteiger partial charge in [-0.25, -0.2) is 8.42 Å². The highest BCUT2D eigenvalue weighted by molar-refractivity contribution is 7.88. The molecule has 0 atom stereocenters. The van der Waals surface area contributed by atoms with Crippen molar-refractivity contribution in [3.63, 3.8) is 0 Å². The largest absolute Gasteiger partial charge is 0.340 e. The first-order chi connectivity index (χ1) is 10.9. The van der Waals surface area contributed by atoms with Gasteiger partial charge in [-0.2, -0.15) is 9.29 Å². The third-order valence-corrected chi connectivity index (χ3v) is 5.78. The summed E-state index contributed by atoms with van der Waals surface area (Å²) in [5.74, 6) is 1.21. The van der Waals surface area contributed by atoms with Gasteiger partial charge in [-0.15, -0.1) is 0 Å². The number of aromatic nitrogens is 2. The van der Waals surface area contributed by atoms with Gasteiger partial charge in [0.05, 0.1) is 12.3 Å². The lowest BCUT2D eigenvalue weighted by atomic mass is 10.1. The predicted molar refractivity (Wildman–Crippen MR) is 84.9 cm³/mol. The topological polar surface area (TPSA) is 79.5 Å². The highest BCUT2D eigenvalue weighted by Crippen LogP contribution is 2.21. The SMILES string of the molecule is Cc1nc(CN(C)C2CN(S(=O)(=O)Cc3ccccc3)C2)no1. The predicted octanol–water partition coefficient (Wildman–Crippen LogP) is 1.02. The minimum Gasteiger partial charge on any atom is -0.340 e. The Morgan fingerprint density at radius 2 is 2.00 bits per heavy atom. The number of rotatable bonds is 6. The van der Waals surface area contributed by atoms with E-state index in [1.807, 2.05) is 37.4 Å². The zero-order chi connectivity index (χ0) is 16.4. The summed E-state index contributed by atoms with van der Waals surface area (Å²) >= 11 is 0. The fourth-order valence-electron chi connectivity index (χ4n) is 2.56. The highest BCUT2D eigenvalue weighted by Gasteiger charge is 2.37. The van der Waals surface area contributed by atoms with Gasteiger partial charge in [0.25, 0.3) is 0 Å². The van der Waals surface area contributed by atoms with Gasteiger partial charge in [0.1, 0.15) is 0 Å². The van der Waals surface area contributed by atoms with Crippen LogP contribution in [0.1, 0.15) is 17.3 Å². The summed E-state index contributed by atoms with van der Waals surface area (Å²) in [6.45, 7) is 3.30. The maximum Gasteiger partial charge on any atom is 0.223 e. The second-order valence-corrected chi connectivity index (χ2v) is 7.83. The molecule has 124 valence electrons. The average Bonchev–Trinajstić information content (AvgIpc) is 2.82. The van der Waals surface area contributed by atoms with E-state index in [2.05, 4.69) is 15.0 Å². The number of likely N-dealkylation sites (N-methyl/N-ethyl adjacent to an activating group) is 1. The monoisotopic (exact) mass is 336 g/mol. The summed E-state index contributed by atoms with van der Waals surface area (Å²) in [5.41, 5.74) is 0.812. The molecule has 0 N–H and O–H groups in total. The molecular formula is C15H20N4O3S. The van der Waals surface area contributed by atoms with E-state index >= 15 is 0 Å². The van der Waals surface area contributed by atoms with E-state index in [9.17, 15) is 8.42 Å². The number of hydrogen-bond acceptors (Lipinski definition) is 6. The van der Waals surface area contributed by atoms with Crippen LogP contribution in [0.2, 0.25) is 0 Å². The van der Waals surface area contributed by atoms with E-state index in [-0.39, 0.29) is 11.8 Å². The molecule has 0 bridgehead atoms. The minimum absolute atomic E-state index is 0.0499. The minimum atomic E-state index is -3.25. The smallest absolute Gasteiger partial charge is 0.223 e. The molecule has 0 aliphatic carbocycles. The number of aryl methyl sites for hydroxylation is 1. The molecule has 0 radical (unpaired) electrons. The first-order valence-electron chi connectivity index (χ1n) is 7.45. The van der Waals surface area contributed by atoms with E-state index in [0.717, 1.165) is 5.56 Å². The van der Waals surface area contributed by atoms with Crippen molar-refractivity contribution in [1.29, 1.82) is 0 Å². The lowest BCUT2D eigenvalue weighted by Gasteiger charge is -2.42. The molecule has 1 fully saturated rings. The van der Waals surface area contributed by atoms with Gasteiger partial charge < -0.3 is 4.52 Å². The fraction of sp³-hybridized carbons (Fsp3) is 0.467. The average molecular weight is 336 g/mol. The molecule has 3 rings (SSSR count). The molecule has 1 aliphatic heterocycles. The maximum absolute atomic E-state index is 12.4. The van der Waals surface area contributed by atoms with Crippen LogP contribution in [0, 0.1) is 6.92 Å². The van der Waals surface area contributed by atoms with Crippen molar-refractivity contribution in [2.24, 2.45) is 0 Å². The summed E-state index contributed by atoms with van der Waals surface area (Å²) < 4.78 is 31.2. The van der Waals surface area contributed by atoms with Crippen LogP contribution in [0.25, 0.3) is 0 Å². The number of benzene rings is 1. The zero-order valence-corrected chi connectivity index (χ0v) is 14.0. The second-order valence-electron chi connectivity index (χ2n) is 5.86. The molecule has 23 heavy (non-hydrogen) atoms. The Morgan fingerprint density at radius 1 is 1.30 bits per heavy atom. The highest BCUT2D eigenvalue weighted by atomic mass is 32.2. The third kappa shape index (κ3) is 3.77. The molecule has 1 aliphatic rings. The van der Waals surface area contributed by atoms with E-state index < -0.39 is 10.0 Å². The van der Waals surface area contributed by atoms with Crippen molar-refractivity contribution in [2.45, 2.75) is 25.3 Å². The van der Waals surface area contributed by atoms with Crippen LogP contribution in [-0.4, -0.2) is 53.9 Å².